The van der Waals surface area contributed by atoms with Gasteiger partial charge >= 0.3 is 5.97 Å². The number of hydrogen-bond acceptors (Lipinski definition) is 6. The molecule has 0 aliphatic carbocycles. The molecule has 1 aromatic rings. The van der Waals surface area contributed by atoms with E-state index in [9.17, 15) is 13.2 Å². The Labute approximate surface area is 104 Å². The van der Waals surface area contributed by atoms with Crippen molar-refractivity contribution in [1.82, 2.24) is 4.98 Å². The van der Waals surface area contributed by atoms with Gasteiger partial charge in [0.25, 0.3) is 0 Å². The van der Waals surface area contributed by atoms with Crippen molar-refractivity contribution in [3.8, 4) is 0 Å². The number of esters is 1. The highest BCUT2D eigenvalue weighted by atomic mass is 32.2. The summed E-state index contributed by atoms with van der Waals surface area (Å²) in [6.07, 6.45) is 0.320. The second kappa shape index (κ2) is 5.97. The number of aromatic nitrogens is 1. The Morgan fingerprint density at radius 1 is 1.59 bits per heavy atom. The van der Waals surface area contributed by atoms with Crippen LogP contribution in [-0.2, 0) is 19.6 Å². The van der Waals surface area contributed by atoms with Crippen molar-refractivity contribution in [3.63, 3.8) is 0 Å². The summed E-state index contributed by atoms with van der Waals surface area (Å²) in [7, 11) is -2.16. The molecule has 0 fully saturated rings. The van der Waals surface area contributed by atoms with Crippen molar-refractivity contribution >= 4 is 32.5 Å². The number of rotatable bonds is 6. The van der Waals surface area contributed by atoms with Crippen LogP contribution in [0.1, 0.15) is 18.5 Å². The second-order valence-corrected chi connectivity index (χ2v) is 6.09. The Morgan fingerprint density at radius 2 is 2.29 bits per heavy atom. The van der Waals surface area contributed by atoms with E-state index in [1.54, 1.807) is 12.3 Å². The van der Waals surface area contributed by atoms with Gasteiger partial charge in [-0.05, 0) is 13.3 Å². The van der Waals surface area contributed by atoms with Crippen LogP contribution in [0, 0.1) is 6.92 Å². The number of carbonyl (C=O) groups is 1. The molecule has 1 aromatic heterocycles. The Hall–Kier alpha value is -1.15. The Balaban J connectivity index is 2.44. The average Bonchev–Trinajstić information content (AvgIpc) is 2.62. The van der Waals surface area contributed by atoms with Crippen molar-refractivity contribution in [2.45, 2.75) is 19.8 Å². The van der Waals surface area contributed by atoms with Gasteiger partial charge in [0, 0.05) is 11.8 Å². The second-order valence-electron chi connectivity index (χ2n) is 3.39. The highest BCUT2D eigenvalue weighted by molar-refractivity contribution is 7.92. The normalized spacial score (nSPS) is 11.2. The van der Waals surface area contributed by atoms with Gasteiger partial charge in [-0.15, -0.1) is 11.3 Å². The molecule has 0 spiro atoms. The lowest BCUT2D eigenvalue weighted by molar-refractivity contribution is -0.140. The van der Waals surface area contributed by atoms with Gasteiger partial charge in [-0.2, -0.15) is 0 Å². The van der Waals surface area contributed by atoms with E-state index in [1.807, 2.05) is 0 Å². The molecule has 0 amide bonds. The van der Waals surface area contributed by atoms with Crippen LogP contribution in [0.15, 0.2) is 5.38 Å². The summed E-state index contributed by atoms with van der Waals surface area (Å²) in [5.41, 5.74) is 0.766. The largest absolute Gasteiger partial charge is 0.469 e. The maximum atomic E-state index is 11.6. The number of thiazole rings is 1. The first-order chi connectivity index (χ1) is 7.93. The molecule has 0 radical (unpaired) electrons. The highest BCUT2D eigenvalue weighted by Crippen LogP contribution is 2.16. The van der Waals surface area contributed by atoms with Gasteiger partial charge in [-0.1, -0.05) is 0 Å². The van der Waals surface area contributed by atoms with Crippen molar-refractivity contribution in [1.29, 1.82) is 0 Å². The van der Waals surface area contributed by atoms with Crippen LogP contribution in [0.5, 0.6) is 0 Å². The third-order valence-corrected chi connectivity index (χ3v) is 4.22. The number of ether oxygens (including phenoxy) is 1. The van der Waals surface area contributed by atoms with Crippen LogP contribution in [-0.4, -0.2) is 32.2 Å². The number of aryl methyl sites for hydroxylation is 1. The first-order valence-corrected chi connectivity index (χ1v) is 7.45. The molecule has 8 heteroatoms. The number of nitrogens with one attached hydrogen (secondary N) is 1. The minimum absolute atomic E-state index is 0.0916. The van der Waals surface area contributed by atoms with Crippen molar-refractivity contribution in [3.05, 3.63) is 11.1 Å². The van der Waals surface area contributed by atoms with Gasteiger partial charge < -0.3 is 4.74 Å². The lowest BCUT2D eigenvalue weighted by Gasteiger charge is -2.04. The van der Waals surface area contributed by atoms with Crippen LogP contribution in [0.25, 0.3) is 0 Å². The van der Waals surface area contributed by atoms with E-state index < -0.39 is 16.0 Å². The summed E-state index contributed by atoms with van der Waals surface area (Å²) < 4.78 is 29.9. The van der Waals surface area contributed by atoms with E-state index >= 15 is 0 Å². The number of methoxy groups -OCH3 is 1. The number of nitrogens with zero attached hydrogens (tertiary/aromatic N) is 1. The first-order valence-electron chi connectivity index (χ1n) is 4.92. The van der Waals surface area contributed by atoms with Gasteiger partial charge in [-0.25, -0.2) is 13.4 Å². The Morgan fingerprint density at radius 3 is 2.82 bits per heavy atom. The van der Waals surface area contributed by atoms with Gasteiger partial charge in [0.2, 0.25) is 10.0 Å². The van der Waals surface area contributed by atoms with E-state index in [4.69, 9.17) is 0 Å². The summed E-state index contributed by atoms with van der Waals surface area (Å²) in [4.78, 5) is 14.8. The van der Waals surface area contributed by atoms with Gasteiger partial charge in [-0.3, -0.25) is 9.52 Å². The SMILES string of the molecule is COC(=O)CCCS(=O)(=O)Nc1nc(C)cs1. The zero-order chi connectivity index (χ0) is 12.9. The van der Waals surface area contributed by atoms with E-state index in [2.05, 4.69) is 14.4 Å². The molecular formula is C9H14N2O4S2. The Kier molecular flexibility index (Phi) is 4.88. The fourth-order valence-electron chi connectivity index (χ4n) is 1.09. The fourth-order valence-corrected chi connectivity index (χ4v) is 3.14. The minimum atomic E-state index is -3.44. The quantitative estimate of drug-likeness (QED) is 0.789. The molecule has 0 atom stereocenters. The van der Waals surface area contributed by atoms with Crippen LogP contribution >= 0.6 is 11.3 Å². The standard InChI is InChI=1S/C9H14N2O4S2/c1-7-6-16-9(10-7)11-17(13,14)5-3-4-8(12)15-2/h6H,3-5H2,1-2H3,(H,10,11). The molecule has 0 bridgehead atoms. The van der Waals surface area contributed by atoms with Crippen molar-refractivity contribution in [2.75, 3.05) is 17.6 Å². The van der Waals surface area contributed by atoms with E-state index in [-0.39, 0.29) is 18.6 Å². The molecule has 1 N–H and O–H groups in total. The minimum Gasteiger partial charge on any atom is -0.469 e. The summed E-state index contributed by atoms with van der Waals surface area (Å²) in [5.74, 6) is -0.536. The number of carbonyl (C=O) groups excluding carboxylic acids is 1. The number of sulfonamides is 1. The lowest BCUT2D eigenvalue weighted by Crippen LogP contribution is -2.17. The Bertz CT molecular complexity index is 481. The van der Waals surface area contributed by atoms with Crippen LogP contribution in [0.4, 0.5) is 5.13 Å². The third-order valence-electron chi connectivity index (χ3n) is 1.88. The van der Waals surface area contributed by atoms with Crippen molar-refractivity contribution < 1.29 is 17.9 Å². The molecule has 0 aromatic carbocycles. The smallest absolute Gasteiger partial charge is 0.305 e. The third kappa shape index (κ3) is 5.14. The van der Waals surface area contributed by atoms with E-state index in [1.165, 1.54) is 18.4 Å². The zero-order valence-corrected chi connectivity index (χ0v) is 11.2. The molecule has 1 rings (SSSR count). The summed E-state index contributed by atoms with van der Waals surface area (Å²) in [6.45, 7) is 1.78. The van der Waals surface area contributed by atoms with Crippen LogP contribution in [0.3, 0.4) is 0 Å². The monoisotopic (exact) mass is 278 g/mol. The van der Waals surface area contributed by atoms with E-state index in [0.717, 1.165) is 5.69 Å². The summed E-state index contributed by atoms with van der Waals surface area (Å²) in [5, 5.41) is 2.10. The zero-order valence-electron chi connectivity index (χ0n) is 9.60. The van der Waals surface area contributed by atoms with Gasteiger partial charge in [0.15, 0.2) is 5.13 Å². The van der Waals surface area contributed by atoms with Crippen LogP contribution < -0.4 is 4.72 Å². The molecule has 0 saturated heterocycles. The molecule has 6 nitrogen and oxygen atoms in total. The summed E-state index contributed by atoms with van der Waals surface area (Å²) >= 11 is 1.23. The molecule has 0 unspecified atom stereocenters. The fraction of sp³-hybridized carbons (Fsp3) is 0.556. The topological polar surface area (TPSA) is 85.4 Å². The molecular weight excluding hydrogens is 264 g/mol. The maximum absolute atomic E-state index is 11.6. The molecule has 0 aliphatic heterocycles. The predicted octanol–water partition coefficient (Wildman–Crippen LogP) is 1.15. The lowest BCUT2D eigenvalue weighted by atomic mass is 10.3. The molecule has 0 aliphatic rings. The number of anilines is 1. The van der Waals surface area contributed by atoms with Crippen molar-refractivity contribution in [2.24, 2.45) is 0 Å². The molecule has 17 heavy (non-hydrogen) atoms. The molecule has 96 valence electrons. The molecule has 0 saturated carbocycles. The highest BCUT2D eigenvalue weighted by Gasteiger charge is 2.13. The first kappa shape index (κ1) is 13.9. The predicted molar refractivity (Wildman–Crippen MR) is 65.5 cm³/mol. The van der Waals surface area contributed by atoms with Crippen LogP contribution in [0.2, 0.25) is 0 Å². The molecule has 1 heterocycles. The van der Waals surface area contributed by atoms with E-state index in [0.29, 0.717) is 5.13 Å². The van der Waals surface area contributed by atoms with Gasteiger partial charge in [0.1, 0.15) is 0 Å². The maximum Gasteiger partial charge on any atom is 0.305 e. The number of hydrogen-bond donors (Lipinski definition) is 1. The summed E-state index contributed by atoms with van der Waals surface area (Å²) in [6, 6.07) is 0. The van der Waals surface area contributed by atoms with Gasteiger partial charge in [0.05, 0.1) is 18.6 Å². The average molecular weight is 278 g/mol.